The summed E-state index contributed by atoms with van der Waals surface area (Å²) in [6, 6.07) is 7.86. The minimum atomic E-state index is -4.81. The summed E-state index contributed by atoms with van der Waals surface area (Å²) in [5.41, 5.74) is -0.575. The number of benzene rings is 2. The van der Waals surface area contributed by atoms with E-state index in [4.69, 9.17) is 5.11 Å². The molecule has 0 spiro atoms. The van der Waals surface area contributed by atoms with E-state index >= 15 is 0 Å². The van der Waals surface area contributed by atoms with Gasteiger partial charge in [0.15, 0.2) is 0 Å². The van der Waals surface area contributed by atoms with E-state index in [1.807, 2.05) is 0 Å². The van der Waals surface area contributed by atoms with Crippen LogP contribution in [0.2, 0.25) is 0 Å². The third-order valence-electron chi connectivity index (χ3n) is 3.94. The van der Waals surface area contributed by atoms with Crippen LogP contribution in [0.4, 0.5) is 18.9 Å². The second kappa shape index (κ2) is 5.76. The van der Waals surface area contributed by atoms with Crippen LogP contribution in [-0.4, -0.2) is 26.0 Å². The molecule has 132 valence electrons. The molecule has 0 unspecified atom stereocenters. The van der Waals surface area contributed by atoms with Crippen molar-refractivity contribution < 1.29 is 31.5 Å². The van der Waals surface area contributed by atoms with Gasteiger partial charge in [-0.2, -0.15) is 13.2 Å². The highest BCUT2D eigenvalue weighted by Crippen LogP contribution is 2.38. The fourth-order valence-electron chi connectivity index (χ4n) is 2.80. The molecule has 1 heterocycles. The van der Waals surface area contributed by atoms with Crippen molar-refractivity contribution >= 4 is 21.7 Å². The van der Waals surface area contributed by atoms with Gasteiger partial charge < -0.3 is 5.11 Å². The maximum Gasteiger partial charge on any atom is 0.417 e. The summed E-state index contributed by atoms with van der Waals surface area (Å²) < 4.78 is 65.9. The maximum absolute atomic E-state index is 13.2. The van der Waals surface area contributed by atoms with E-state index in [-0.39, 0.29) is 24.2 Å². The number of carboxylic acid groups (broad SMARTS) is 1. The van der Waals surface area contributed by atoms with Crippen LogP contribution in [0.1, 0.15) is 21.5 Å². The van der Waals surface area contributed by atoms with Crippen molar-refractivity contribution in [3.63, 3.8) is 0 Å². The molecule has 0 aliphatic carbocycles. The van der Waals surface area contributed by atoms with Crippen molar-refractivity contribution in [1.29, 1.82) is 0 Å². The van der Waals surface area contributed by atoms with Gasteiger partial charge in [0.1, 0.15) is 0 Å². The molecule has 0 radical (unpaired) electrons. The molecule has 9 heteroatoms. The SMILES string of the molecule is O=C(O)c1ccc2c(c1)CCN2S(=O)(=O)c1ccccc1C(F)(F)F. The average molecular weight is 371 g/mol. The number of halogens is 3. The first-order valence-electron chi connectivity index (χ1n) is 7.17. The Balaban J connectivity index is 2.10. The average Bonchev–Trinajstić information content (AvgIpc) is 2.97. The number of carboxylic acids is 1. The third-order valence-corrected chi connectivity index (χ3v) is 5.81. The Labute approximate surface area is 141 Å². The predicted octanol–water partition coefficient (Wildman–Crippen LogP) is 3.16. The zero-order valence-electron chi connectivity index (χ0n) is 12.6. The van der Waals surface area contributed by atoms with Crippen molar-refractivity contribution in [2.75, 3.05) is 10.8 Å². The first-order chi connectivity index (χ1) is 11.6. The van der Waals surface area contributed by atoms with Crippen molar-refractivity contribution in [1.82, 2.24) is 0 Å². The molecule has 1 aliphatic heterocycles. The Morgan fingerprint density at radius 1 is 1.12 bits per heavy atom. The first kappa shape index (κ1) is 17.3. The summed E-state index contributed by atoms with van der Waals surface area (Å²) in [6.07, 6.45) is -4.58. The summed E-state index contributed by atoms with van der Waals surface area (Å²) in [5.74, 6) is -1.16. The zero-order valence-corrected chi connectivity index (χ0v) is 13.4. The predicted molar refractivity (Wildman–Crippen MR) is 83.1 cm³/mol. The molecule has 25 heavy (non-hydrogen) atoms. The summed E-state index contributed by atoms with van der Waals surface area (Å²) in [4.78, 5) is 10.2. The van der Waals surface area contributed by atoms with Crippen LogP contribution in [0, 0.1) is 0 Å². The van der Waals surface area contributed by atoms with Gasteiger partial charge in [0.05, 0.1) is 21.7 Å². The van der Waals surface area contributed by atoms with Gasteiger partial charge in [0, 0.05) is 6.54 Å². The molecular weight excluding hydrogens is 359 g/mol. The zero-order chi connectivity index (χ0) is 18.4. The van der Waals surface area contributed by atoms with E-state index in [2.05, 4.69) is 0 Å². The summed E-state index contributed by atoms with van der Waals surface area (Å²) >= 11 is 0. The van der Waals surface area contributed by atoms with E-state index in [1.165, 1.54) is 24.3 Å². The van der Waals surface area contributed by atoms with Crippen molar-refractivity contribution in [2.45, 2.75) is 17.5 Å². The largest absolute Gasteiger partial charge is 0.478 e. The van der Waals surface area contributed by atoms with Gasteiger partial charge in [-0.25, -0.2) is 13.2 Å². The van der Waals surface area contributed by atoms with E-state index in [0.29, 0.717) is 5.56 Å². The molecule has 0 amide bonds. The van der Waals surface area contributed by atoms with E-state index in [0.717, 1.165) is 22.5 Å². The van der Waals surface area contributed by atoms with Crippen LogP contribution in [-0.2, 0) is 22.6 Å². The van der Waals surface area contributed by atoms with Crippen LogP contribution < -0.4 is 4.31 Å². The Bertz CT molecular complexity index is 954. The van der Waals surface area contributed by atoms with Gasteiger partial charge in [-0.3, -0.25) is 4.31 Å². The first-order valence-corrected chi connectivity index (χ1v) is 8.61. The van der Waals surface area contributed by atoms with Crippen molar-refractivity contribution in [2.24, 2.45) is 0 Å². The molecular formula is C16H12F3NO4S. The maximum atomic E-state index is 13.2. The Morgan fingerprint density at radius 2 is 1.80 bits per heavy atom. The lowest BCUT2D eigenvalue weighted by Gasteiger charge is -2.22. The Morgan fingerprint density at radius 3 is 2.44 bits per heavy atom. The highest BCUT2D eigenvalue weighted by atomic mass is 32.2. The van der Waals surface area contributed by atoms with Crippen LogP contribution in [0.5, 0.6) is 0 Å². The number of nitrogens with zero attached hydrogens (tertiary/aromatic N) is 1. The quantitative estimate of drug-likeness (QED) is 0.899. The van der Waals surface area contributed by atoms with Gasteiger partial charge >= 0.3 is 12.1 Å². The van der Waals surface area contributed by atoms with Gasteiger partial charge in [-0.15, -0.1) is 0 Å². The molecule has 1 aliphatic rings. The molecule has 2 aromatic carbocycles. The molecule has 0 bridgehead atoms. The molecule has 3 rings (SSSR count). The number of anilines is 1. The smallest absolute Gasteiger partial charge is 0.417 e. The highest BCUT2D eigenvalue weighted by Gasteiger charge is 2.40. The summed E-state index contributed by atoms with van der Waals surface area (Å²) in [5, 5.41) is 8.99. The second-order valence-corrected chi connectivity index (χ2v) is 7.30. The van der Waals surface area contributed by atoms with Gasteiger partial charge in [-0.1, -0.05) is 12.1 Å². The Hall–Kier alpha value is -2.55. The monoisotopic (exact) mass is 371 g/mol. The summed E-state index contributed by atoms with van der Waals surface area (Å²) in [6.45, 7) is -0.0487. The normalized spacial score (nSPS) is 14.4. The van der Waals surface area contributed by atoms with Crippen LogP contribution >= 0.6 is 0 Å². The van der Waals surface area contributed by atoms with Crippen LogP contribution in [0.25, 0.3) is 0 Å². The number of rotatable bonds is 3. The molecule has 2 aromatic rings. The summed E-state index contributed by atoms with van der Waals surface area (Å²) in [7, 11) is -4.43. The topological polar surface area (TPSA) is 74.7 Å². The van der Waals surface area contributed by atoms with E-state index < -0.39 is 32.6 Å². The van der Waals surface area contributed by atoms with Gasteiger partial charge in [0.25, 0.3) is 10.0 Å². The molecule has 0 fully saturated rings. The number of fused-ring (bicyclic) bond motifs is 1. The number of alkyl halides is 3. The number of aromatic carboxylic acids is 1. The lowest BCUT2D eigenvalue weighted by molar-refractivity contribution is -0.139. The third kappa shape index (κ3) is 2.95. The van der Waals surface area contributed by atoms with Crippen molar-refractivity contribution in [3.8, 4) is 0 Å². The fourth-order valence-corrected chi connectivity index (χ4v) is 4.52. The fraction of sp³-hybridized carbons (Fsp3) is 0.188. The lowest BCUT2D eigenvalue weighted by Crippen LogP contribution is -2.30. The number of hydrogen-bond donors (Lipinski definition) is 1. The molecule has 5 nitrogen and oxygen atoms in total. The van der Waals surface area contributed by atoms with E-state index in [9.17, 15) is 26.4 Å². The minimum absolute atomic E-state index is 0.00584. The molecule has 0 saturated heterocycles. The molecule has 0 aromatic heterocycles. The number of hydrogen-bond acceptors (Lipinski definition) is 3. The van der Waals surface area contributed by atoms with Gasteiger partial charge in [0.2, 0.25) is 0 Å². The molecule has 1 N–H and O–H groups in total. The van der Waals surface area contributed by atoms with Gasteiger partial charge in [-0.05, 0) is 42.3 Å². The lowest BCUT2D eigenvalue weighted by atomic mass is 10.1. The number of carbonyl (C=O) groups is 1. The van der Waals surface area contributed by atoms with Crippen LogP contribution in [0.3, 0.4) is 0 Å². The standard InChI is InChI=1S/C16H12F3NO4S/c17-16(18,19)12-3-1-2-4-14(12)25(23,24)20-8-7-10-9-11(15(21)22)5-6-13(10)20/h1-6,9H,7-8H2,(H,21,22). The van der Waals surface area contributed by atoms with Crippen molar-refractivity contribution in [3.05, 3.63) is 59.2 Å². The van der Waals surface area contributed by atoms with E-state index in [1.54, 1.807) is 0 Å². The van der Waals surface area contributed by atoms with Crippen LogP contribution in [0.15, 0.2) is 47.4 Å². The molecule has 0 saturated carbocycles. The minimum Gasteiger partial charge on any atom is -0.478 e. The Kier molecular flexibility index (Phi) is 3.98. The second-order valence-electron chi connectivity index (χ2n) is 5.47. The highest BCUT2D eigenvalue weighted by molar-refractivity contribution is 7.93. The number of sulfonamides is 1. The molecule has 0 atom stereocenters.